The maximum absolute atomic E-state index is 12.3. The quantitative estimate of drug-likeness (QED) is 0.818. The molecule has 2 heterocycles. The second-order valence-corrected chi connectivity index (χ2v) is 8.25. The third-order valence-electron chi connectivity index (χ3n) is 4.58. The highest BCUT2D eigenvalue weighted by Crippen LogP contribution is 2.30. The number of nitrogens with zero attached hydrogens (tertiary/aromatic N) is 2. The number of halogens is 1. The van der Waals surface area contributed by atoms with Crippen LogP contribution in [0.1, 0.15) is 19.5 Å². The van der Waals surface area contributed by atoms with Crippen LogP contribution in [-0.4, -0.2) is 54.2 Å². The number of carbonyl (C=O) groups is 1. The first kappa shape index (κ1) is 19.3. The number of morpholine rings is 1. The van der Waals surface area contributed by atoms with Gasteiger partial charge in [0.1, 0.15) is 5.01 Å². The highest BCUT2D eigenvalue weighted by molar-refractivity contribution is 7.13. The first-order valence-electron chi connectivity index (χ1n) is 8.74. The lowest BCUT2D eigenvalue weighted by molar-refractivity contribution is -0.121. The molecule has 0 aliphatic carbocycles. The zero-order valence-corrected chi connectivity index (χ0v) is 16.7. The monoisotopic (exact) mass is 393 g/mol. The lowest BCUT2D eigenvalue weighted by atomic mass is 10.0. The average molecular weight is 394 g/mol. The van der Waals surface area contributed by atoms with E-state index in [2.05, 4.69) is 29.0 Å². The molecule has 0 radical (unpaired) electrons. The first-order valence-corrected chi connectivity index (χ1v) is 10.0. The van der Waals surface area contributed by atoms with Gasteiger partial charge < -0.3 is 10.1 Å². The van der Waals surface area contributed by atoms with Crippen molar-refractivity contribution in [1.82, 2.24) is 15.2 Å². The number of rotatable bonds is 6. The molecule has 0 saturated carbocycles. The van der Waals surface area contributed by atoms with E-state index in [1.165, 1.54) is 11.3 Å². The molecule has 1 N–H and O–H groups in total. The van der Waals surface area contributed by atoms with Crippen LogP contribution < -0.4 is 5.32 Å². The van der Waals surface area contributed by atoms with Crippen LogP contribution in [-0.2, 0) is 16.0 Å². The summed E-state index contributed by atoms with van der Waals surface area (Å²) in [5.74, 6) is -0.0117. The molecule has 2 aromatic rings. The van der Waals surface area contributed by atoms with E-state index in [1.807, 2.05) is 29.6 Å². The minimum absolute atomic E-state index is 0.0117. The Morgan fingerprint density at radius 2 is 2.08 bits per heavy atom. The van der Waals surface area contributed by atoms with E-state index in [0.717, 1.165) is 42.6 Å². The molecule has 1 aliphatic heterocycles. The van der Waals surface area contributed by atoms with E-state index < -0.39 is 0 Å². The Balaban J connectivity index is 1.55. The number of thiazole rings is 1. The summed E-state index contributed by atoms with van der Waals surface area (Å²) in [6.07, 6.45) is 0.278. The van der Waals surface area contributed by atoms with Gasteiger partial charge in [0.15, 0.2) is 0 Å². The maximum atomic E-state index is 12.3. The van der Waals surface area contributed by atoms with Crippen LogP contribution in [0, 0.1) is 0 Å². The van der Waals surface area contributed by atoms with Gasteiger partial charge in [0.2, 0.25) is 5.91 Å². The molecule has 0 bridgehead atoms. The van der Waals surface area contributed by atoms with Gasteiger partial charge in [0.05, 0.1) is 30.4 Å². The molecular weight excluding hydrogens is 370 g/mol. The SMILES string of the molecule is CC(C)(CNC(=O)Cc1csc(-c2ccccc2Cl)n1)N1CCOCC1. The van der Waals surface area contributed by atoms with Crippen molar-refractivity contribution in [2.75, 3.05) is 32.8 Å². The molecule has 1 saturated heterocycles. The number of hydrogen-bond donors (Lipinski definition) is 1. The number of amides is 1. The third-order valence-corrected chi connectivity index (χ3v) is 5.84. The molecule has 3 rings (SSSR count). The standard InChI is InChI=1S/C19H24ClN3O2S/c1-19(2,23-7-9-25-10-8-23)13-21-17(24)11-14-12-26-18(22-14)15-5-3-4-6-16(15)20/h3-6,12H,7-11,13H2,1-2H3,(H,21,24). The summed E-state index contributed by atoms with van der Waals surface area (Å²) < 4.78 is 5.40. The molecule has 26 heavy (non-hydrogen) atoms. The summed E-state index contributed by atoms with van der Waals surface area (Å²) >= 11 is 7.73. The number of ether oxygens (including phenoxy) is 1. The van der Waals surface area contributed by atoms with Crippen LogP contribution in [0.5, 0.6) is 0 Å². The minimum Gasteiger partial charge on any atom is -0.379 e. The third kappa shape index (κ3) is 4.82. The fourth-order valence-electron chi connectivity index (χ4n) is 2.97. The highest BCUT2D eigenvalue weighted by atomic mass is 35.5. The Kier molecular flexibility index (Phi) is 6.29. The molecule has 1 aromatic heterocycles. The predicted molar refractivity (Wildman–Crippen MR) is 106 cm³/mol. The Hall–Kier alpha value is -1.47. The van der Waals surface area contributed by atoms with Gasteiger partial charge in [-0.05, 0) is 19.9 Å². The van der Waals surface area contributed by atoms with Crippen LogP contribution in [0.15, 0.2) is 29.6 Å². The van der Waals surface area contributed by atoms with Gasteiger partial charge >= 0.3 is 0 Å². The van der Waals surface area contributed by atoms with E-state index in [4.69, 9.17) is 16.3 Å². The summed E-state index contributed by atoms with van der Waals surface area (Å²) in [5.41, 5.74) is 1.58. The van der Waals surface area contributed by atoms with Gasteiger partial charge in [-0.1, -0.05) is 29.8 Å². The average Bonchev–Trinajstić information content (AvgIpc) is 3.09. The number of aromatic nitrogens is 1. The summed E-state index contributed by atoms with van der Waals surface area (Å²) in [6, 6.07) is 7.61. The van der Waals surface area contributed by atoms with Gasteiger partial charge in [-0.25, -0.2) is 4.98 Å². The second kappa shape index (κ2) is 8.48. The Labute approximate surface area is 163 Å². The Bertz CT molecular complexity index is 757. The largest absolute Gasteiger partial charge is 0.379 e. The summed E-state index contributed by atoms with van der Waals surface area (Å²) in [7, 11) is 0. The molecule has 5 nitrogen and oxygen atoms in total. The van der Waals surface area contributed by atoms with Crippen molar-refractivity contribution >= 4 is 28.8 Å². The van der Waals surface area contributed by atoms with Crippen molar-refractivity contribution in [3.8, 4) is 10.6 Å². The van der Waals surface area contributed by atoms with Gasteiger partial charge in [-0.2, -0.15) is 0 Å². The number of nitrogens with one attached hydrogen (secondary N) is 1. The fraction of sp³-hybridized carbons (Fsp3) is 0.474. The topological polar surface area (TPSA) is 54.5 Å². The zero-order chi connectivity index (χ0) is 18.6. The van der Waals surface area contributed by atoms with Crippen LogP contribution >= 0.6 is 22.9 Å². The smallest absolute Gasteiger partial charge is 0.226 e. The summed E-state index contributed by atoms with van der Waals surface area (Å²) in [4.78, 5) is 19.3. The molecule has 0 spiro atoms. The highest BCUT2D eigenvalue weighted by Gasteiger charge is 2.28. The normalized spacial score (nSPS) is 15.8. The van der Waals surface area contributed by atoms with Gasteiger partial charge in [-0.15, -0.1) is 11.3 Å². The van der Waals surface area contributed by atoms with Gasteiger partial charge in [0, 0.05) is 36.1 Å². The molecule has 1 aromatic carbocycles. The van der Waals surface area contributed by atoms with Crippen molar-refractivity contribution in [1.29, 1.82) is 0 Å². The lowest BCUT2D eigenvalue weighted by Gasteiger charge is -2.40. The van der Waals surface area contributed by atoms with Crippen LogP contribution in [0.4, 0.5) is 0 Å². The van der Waals surface area contributed by atoms with Crippen LogP contribution in [0.3, 0.4) is 0 Å². The Morgan fingerprint density at radius 3 is 2.81 bits per heavy atom. The van der Waals surface area contributed by atoms with Crippen molar-refractivity contribution in [3.63, 3.8) is 0 Å². The summed E-state index contributed by atoms with van der Waals surface area (Å²) in [6.45, 7) is 8.20. The van der Waals surface area contributed by atoms with E-state index in [1.54, 1.807) is 0 Å². The minimum atomic E-state index is -0.0930. The van der Waals surface area contributed by atoms with Crippen LogP contribution in [0.25, 0.3) is 10.6 Å². The maximum Gasteiger partial charge on any atom is 0.226 e. The number of carbonyl (C=O) groups excluding carboxylic acids is 1. The molecule has 1 aliphatic rings. The van der Waals surface area contributed by atoms with E-state index in [0.29, 0.717) is 11.6 Å². The number of hydrogen-bond acceptors (Lipinski definition) is 5. The molecular formula is C19H24ClN3O2S. The molecule has 0 atom stereocenters. The molecule has 1 amide bonds. The van der Waals surface area contributed by atoms with Crippen LogP contribution in [0.2, 0.25) is 5.02 Å². The zero-order valence-electron chi connectivity index (χ0n) is 15.1. The lowest BCUT2D eigenvalue weighted by Crippen LogP contribution is -2.55. The van der Waals surface area contributed by atoms with Gasteiger partial charge in [0.25, 0.3) is 0 Å². The van der Waals surface area contributed by atoms with Crippen molar-refractivity contribution in [2.24, 2.45) is 0 Å². The van der Waals surface area contributed by atoms with E-state index in [-0.39, 0.29) is 17.9 Å². The number of benzene rings is 1. The Morgan fingerprint density at radius 1 is 1.35 bits per heavy atom. The molecule has 0 unspecified atom stereocenters. The molecule has 7 heteroatoms. The second-order valence-electron chi connectivity index (χ2n) is 6.99. The fourth-order valence-corrected chi connectivity index (χ4v) is 4.11. The molecule has 140 valence electrons. The van der Waals surface area contributed by atoms with E-state index >= 15 is 0 Å². The van der Waals surface area contributed by atoms with Crippen molar-refractivity contribution < 1.29 is 9.53 Å². The van der Waals surface area contributed by atoms with Gasteiger partial charge in [-0.3, -0.25) is 9.69 Å². The predicted octanol–water partition coefficient (Wildman–Crippen LogP) is 3.23. The summed E-state index contributed by atoms with van der Waals surface area (Å²) in [5, 5.41) is 6.48. The first-order chi connectivity index (χ1) is 12.5. The van der Waals surface area contributed by atoms with E-state index in [9.17, 15) is 4.79 Å². The van der Waals surface area contributed by atoms with Crippen molar-refractivity contribution in [3.05, 3.63) is 40.4 Å². The molecule has 1 fully saturated rings. The van der Waals surface area contributed by atoms with Crippen molar-refractivity contribution in [2.45, 2.75) is 25.8 Å².